The molecule has 0 spiro atoms. The maximum atomic E-state index is 12.7. The Kier molecular flexibility index (Phi) is 30.0. The third-order valence-corrected chi connectivity index (χ3v) is 14.0. The minimum atomic E-state index is -0.705. The van der Waals surface area contributed by atoms with Crippen LogP contribution < -0.4 is 18.9 Å². The van der Waals surface area contributed by atoms with Crippen LogP contribution in [0.2, 0.25) is 0 Å². The van der Waals surface area contributed by atoms with Crippen LogP contribution in [0.4, 0.5) is 0 Å². The summed E-state index contributed by atoms with van der Waals surface area (Å²) in [7, 11) is 1.53. The standard InChI is InChI=1S/C57H56O15.C18H18O5/c1-2-57(39-64-30-33-67-51(58)36-70-48-24-18-45(19-25-48)54(61)42-12-6-3-7-13-42,40-65-31-34-68-52(59)37-71-49-26-20-46(21-27-49)55(62)43-14-8-4-9-15-43)41-66-32-35-69-53(60)38-72-50-28-22-47(23-29-50)56(63)44-16-10-5-11-17-44;1-21-11-12-22-17(19)13-23-16-9-7-15(8-10-16)18(20)14-5-3-2-4-6-14/h3-29H,2,30-41H2,1H3;2-10H,11-13H2,1H3. The van der Waals surface area contributed by atoms with Gasteiger partial charge >= 0.3 is 23.9 Å². The van der Waals surface area contributed by atoms with Crippen LogP contribution in [0.15, 0.2) is 218 Å². The number of hydrogen-bond acceptors (Lipinski definition) is 20. The van der Waals surface area contributed by atoms with Gasteiger partial charge in [-0.1, -0.05) is 128 Å². The highest BCUT2D eigenvalue weighted by Crippen LogP contribution is 2.25. The highest BCUT2D eigenvalue weighted by atomic mass is 16.6. The maximum Gasteiger partial charge on any atom is 0.344 e. The molecule has 0 amide bonds. The second kappa shape index (κ2) is 39.7. The van der Waals surface area contributed by atoms with Crippen LogP contribution >= 0.6 is 0 Å². The van der Waals surface area contributed by atoms with Gasteiger partial charge in [-0.25, -0.2) is 19.2 Å². The quantitative estimate of drug-likeness (QED) is 0.0150. The van der Waals surface area contributed by atoms with Gasteiger partial charge in [0, 0.05) is 57.0 Å². The van der Waals surface area contributed by atoms with Gasteiger partial charge in [0.25, 0.3) is 0 Å². The second-order valence-corrected chi connectivity index (χ2v) is 20.9. The molecular weight excluding hydrogens is 1220 g/mol. The Labute approximate surface area is 550 Å². The van der Waals surface area contributed by atoms with Gasteiger partial charge in [-0.2, -0.15) is 0 Å². The zero-order chi connectivity index (χ0) is 67.3. The zero-order valence-corrected chi connectivity index (χ0v) is 52.8. The van der Waals surface area contributed by atoms with Crippen LogP contribution in [0, 0.1) is 5.41 Å². The topological polar surface area (TPSA) is 247 Å². The van der Waals surface area contributed by atoms with E-state index in [0.29, 0.717) is 80.5 Å². The molecule has 0 aromatic heterocycles. The number of hydrogen-bond donors (Lipinski definition) is 0. The summed E-state index contributed by atoms with van der Waals surface area (Å²) in [6.45, 7) is 1.63. The van der Waals surface area contributed by atoms with Crippen LogP contribution in [0.5, 0.6) is 23.0 Å². The van der Waals surface area contributed by atoms with Crippen molar-refractivity contribution in [1.29, 1.82) is 0 Å². The van der Waals surface area contributed by atoms with E-state index in [1.54, 1.807) is 182 Å². The predicted octanol–water partition coefficient (Wildman–Crippen LogP) is 10.5. The summed E-state index contributed by atoms with van der Waals surface area (Å²) in [4.78, 5) is 99.1. The molecule has 0 saturated heterocycles. The van der Waals surface area contributed by atoms with Crippen molar-refractivity contribution in [1.82, 2.24) is 0 Å². The number of carbonyl (C=O) groups is 8. The van der Waals surface area contributed by atoms with Crippen molar-refractivity contribution in [2.75, 3.05) is 106 Å². The molecule has 0 saturated carbocycles. The average molecular weight is 1300 g/mol. The highest BCUT2D eigenvalue weighted by Gasteiger charge is 2.30. The van der Waals surface area contributed by atoms with Crippen LogP contribution in [-0.2, 0) is 57.1 Å². The zero-order valence-electron chi connectivity index (χ0n) is 52.8. The van der Waals surface area contributed by atoms with E-state index in [0.717, 1.165) is 0 Å². The SMILES string of the molecule is CCC(COCCOC(=O)COc1ccc(C(=O)c2ccccc2)cc1)(COCCOC(=O)COc1ccc(C(=O)c2ccccc2)cc1)COCCOC(=O)COc1ccc(C(=O)c2ccccc2)cc1.COCCOC(=O)COc1ccc(C(=O)c2ccccc2)cc1. The number of ether oxygens (including phenoxy) is 12. The highest BCUT2D eigenvalue weighted by molar-refractivity contribution is 6.10. The molecule has 0 N–H and O–H groups in total. The fourth-order valence-corrected chi connectivity index (χ4v) is 8.75. The first-order valence-corrected chi connectivity index (χ1v) is 30.5. The van der Waals surface area contributed by atoms with Crippen LogP contribution in [-0.4, -0.2) is 153 Å². The molecule has 8 rings (SSSR count). The largest absolute Gasteiger partial charge is 0.482 e. The molecule has 0 bridgehead atoms. The molecule has 95 heavy (non-hydrogen) atoms. The summed E-state index contributed by atoms with van der Waals surface area (Å²) >= 11 is 0. The Balaban J connectivity index is 0.000000465. The molecule has 8 aromatic carbocycles. The smallest absolute Gasteiger partial charge is 0.344 e. The van der Waals surface area contributed by atoms with Gasteiger partial charge in [-0.05, 0) is 103 Å². The number of rotatable bonds is 39. The minimum Gasteiger partial charge on any atom is -0.482 e. The molecule has 8 aromatic rings. The van der Waals surface area contributed by atoms with Crippen molar-refractivity contribution in [2.45, 2.75) is 13.3 Å². The number of carbonyl (C=O) groups excluding carboxylic acids is 8. The molecule has 0 radical (unpaired) electrons. The Morgan fingerprint density at radius 2 is 0.484 bits per heavy atom. The minimum absolute atomic E-state index is 0.0527. The first kappa shape index (κ1) is 71.8. The van der Waals surface area contributed by atoms with E-state index in [2.05, 4.69) is 0 Å². The summed E-state index contributed by atoms with van der Waals surface area (Å²) in [6, 6.07) is 61.8. The van der Waals surface area contributed by atoms with Crippen molar-refractivity contribution in [3.8, 4) is 23.0 Å². The van der Waals surface area contributed by atoms with Crippen LogP contribution in [0.1, 0.15) is 77.0 Å². The van der Waals surface area contributed by atoms with Crippen molar-refractivity contribution >= 4 is 47.0 Å². The van der Waals surface area contributed by atoms with E-state index >= 15 is 0 Å². The first-order valence-electron chi connectivity index (χ1n) is 30.5. The van der Waals surface area contributed by atoms with E-state index in [-0.39, 0.29) is 116 Å². The van der Waals surface area contributed by atoms with Crippen LogP contribution in [0.3, 0.4) is 0 Å². The van der Waals surface area contributed by atoms with Gasteiger partial charge in [0.05, 0.1) is 46.2 Å². The molecule has 0 atom stereocenters. The fraction of sp³-hybridized carbons (Fsp3) is 0.253. The fourth-order valence-electron chi connectivity index (χ4n) is 8.75. The maximum absolute atomic E-state index is 12.7. The number of benzene rings is 8. The lowest BCUT2D eigenvalue weighted by molar-refractivity contribution is -0.150. The molecule has 0 unspecified atom stereocenters. The molecule has 0 fully saturated rings. The van der Waals surface area contributed by atoms with Crippen molar-refractivity contribution < 1.29 is 95.2 Å². The van der Waals surface area contributed by atoms with Gasteiger partial charge < -0.3 is 56.8 Å². The van der Waals surface area contributed by atoms with E-state index in [4.69, 9.17) is 56.8 Å². The van der Waals surface area contributed by atoms with Gasteiger partial charge in [-0.15, -0.1) is 0 Å². The lowest BCUT2D eigenvalue weighted by atomic mass is 9.88. The number of esters is 4. The molecular formula is C75H74O20. The average Bonchev–Trinajstić information content (AvgIpc) is 1.14. The molecule has 20 nitrogen and oxygen atoms in total. The number of ketones is 4. The summed E-state index contributed by atoms with van der Waals surface area (Å²) in [5, 5.41) is 0. The van der Waals surface area contributed by atoms with E-state index < -0.39 is 29.3 Å². The summed E-state index contributed by atoms with van der Waals surface area (Å²) in [6.07, 6.45) is 0.531. The van der Waals surface area contributed by atoms with E-state index in [9.17, 15) is 38.4 Å². The van der Waals surface area contributed by atoms with Gasteiger partial charge in [-0.3, -0.25) is 19.2 Å². The molecule has 0 aliphatic heterocycles. The molecule has 494 valence electrons. The van der Waals surface area contributed by atoms with Crippen molar-refractivity contribution in [2.24, 2.45) is 5.41 Å². The van der Waals surface area contributed by atoms with Crippen LogP contribution in [0.25, 0.3) is 0 Å². The van der Waals surface area contributed by atoms with Gasteiger partial charge in [0.2, 0.25) is 0 Å². The Morgan fingerprint density at radius 3 is 0.695 bits per heavy atom. The lowest BCUT2D eigenvalue weighted by Gasteiger charge is -2.32. The van der Waals surface area contributed by atoms with Crippen molar-refractivity contribution in [3.63, 3.8) is 0 Å². The molecule has 0 heterocycles. The molecule has 20 heteroatoms. The third kappa shape index (κ3) is 25.1. The Hall–Kier alpha value is -10.6. The Morgan fingerprint density at radius 1 is 0.274 bits per heavy atom. The first-order chi connectivity index (χ1) is 46.3. The van der Waals surface area contributed by atoms with Gasteiger partial charge in [0.15, 0.2) is 49.6 Å². The van der Waals surface area contributed by atoms with Crippen molar-refractivity contribution in [3.05, 3.63) is 263 Å². The van der Waals surface area contributed by atoms with E-state index in [1.165, 1.54) is 7.11 Å². The predicted molar refractivity (Wildman–Crippen MR) is 348 cm³/mol. The summed E-state index contributed by atoms with van der Waals surface area (Å²) < 4.78 is 65.4. The normalized spacial score (nSPS) is 10.8. The summed E-state index contributed by atoms with van der Waals surface area (Å²) in [5.41, 5.74) is 3.63. The second-order valence-electron chi connectivity index (χ2n) is 20.9. The van der Waals surface area contributed by atoms with E-state index in [1.807, 2.05) is 43.3 Å². The third-order valence-electron chi connectivity index (χ3n) is 14.0. The molecule has 0 aliphatic carbocycles. The lowest BCUT2D eigenvalue weighted by Crippen LogP contribution is -2.38. The Bertz CT molecular complexity index is 3370. The van der Waals surface area contributed by atoms with Gasteiger partial charge in [0.1, 0.15) is 49.4 Å². The monoisotopic (exact) mass is 1290 g/mol. The summed E-state index contributed by atoms with van der Waals surface area (Å²) in [5.74, 6) is -1.06. The number of methoxy groups -OCH3 is 1. The molecule has 0 aliphatic rings.